The number of aromatic nitrogens is 3. The van der Waals surface area contributed by atoms with Crippen molar-refractivity contribution in [2.75, 3.05) is 0 Å². The second-order valence-corrected chi connectivity index (χ2v) is 5.35. The Morgan fingerprint density at radius 3 is 2.67 bits per heavy atom. The molecule has 18 heavy (non-hydrogen) atoms. The molecule has 0 saturated heterocycles. The van der Waals surface area contributed by atoms with Gasteiger partial charge in [0, 0.05) is 24.0 Å². The molecule has 96 valence electrons. The smallest absolute Gasteiger partial charge is 0.111 e. The maximum atomic E-state index is 6.00. The van der Waals surface area contributed by atoms with E-state index in [1.165, 1.54) is 0 Å². The lowest BCUT2D eigenvalue weighted by molar-refractivity contribution is 0.417. The molecule has 0 aromatic carbocycles. The van der Waals surface area contributed by atoms with Gasteiger partial charge in [0.1, 0.15) is 5.69 Å². The third-order valence-electron chi connectivity index (χ3n) is 2.88. The number of nitrogens with zero attached hydrogens (tertiary/aromatic N) is 3. The van der Waals surface area contributed by atoms with Crippen molar-refractivity contribution in [3.05, 3.63) is 36.2 Å². The highest BCUT2D eigenvalue weighted by molar-refractivity contribution is 5.53. The summed E-state index contributed by atoms with van der Waals surface area (Å²) in [4.78, 5) is 4.31. The van der Waals surface area contributed by atoms with Crippen LogP contribution in [0.3, 0.4) is 0 Å². The molecule has 2 N–H and O–H groups in total. The van der Waals surface area contributed by atoms with Gasteiger partial charge in [-0.3, -0.25) is 9.67 Å². The number of rotatable bonds is 4. The van der Waals surface area contributed by atoms with E-state index in [1.807, 2.05) is 36.7 Å². The van der Waals surface area contributed by atoms with Crippen LogP contribution in [0.15, 0.2) is 30.5 Å². The van der Waals surface area contributed by atoms with Crippen molar-refractivity contribution in [1.29, 1.82) is 0 Å². The van der Waals surface area contributed by atoms with Crippen molar-refractivity contribution in [3.8, 4) is 11.4 Å². The lowest BCUT2D eigenvalue weighted by Crippen LogP contribution is -2.33. The molecule has 0 spiro atoms. The topological polar surface area (TPSA) is 56.7 Å². The second-order valence-electron chi connectivity index (χ2n) is 5.35. The van der Waals surface area contributed by atoms with Crippen LogP contribution >= 0.6 is 0 Å². The quantitative estimate of drug-likeness (QED) is 0.898. The minimum atomic E-state index is -0.163. The van der Waals surface area contributed by atoms with Gasteiger partial charge in [-0.2, -0.15) is 5.10 Å². The normalized spacial score (nSPS) is 11.8. The van der Waals surface area contributed by atoms with Crippen LogP contribution in [0.1, 0.15) is 26.0 Å². The standard InChI is InChI=1S/C14H20N4/c1-11-10-13(12-6-4-5-8-16-12)17-18(11)9-7-14(2,3)15/h4-6,8,10H,7,9,15H2,1-3H3. The van der Waals surface area contributed by atoms with Crippen LogP contribution in [0.4, 0.5) is 0 Å². The zero-order valence-electron chi connectivity index (χ0n) is 11.2. The van der Waals surface area contributed by atoms with E-state index in [9.17, 15) is 0 Å². The Kier molecular flexibility index (Phi) is 3.48. The average Bonchev–Trinajstić information content (AvgIpc) is 2.68. The van der Waals surface area contributed by atoms with Gasteiger partial charge in [0.2, 0.25) is 0 Å². The third-order valence-corrected chi connectivity index (χ3v) is 2.88. The summed E-state index contributed by atoms with van der Waals surface area (Å²) in [6, 6.07) is 7.91. The van der Waals surface area contributed by atoms with Gasteiger partial charge in [-0.05, 0) is 45.4 Å². The van der Waals surface area contributed by atoms with E-state index in [0.717, 1.165) is 30.0 Å². The highest BCUT2D eigenvalue weighted by Gasteiger charge is 2.13. The average molecular weight is 244 g/mol. The fourth-order valence-electron chi connectivity index (χ4n) is 1.77. The predicted molar refractivity (Wildman–Crippen MR) is 73.1 cm³/mol. The molecular weight excluding hydrogens is 224 g/mol. The maximum absolute atomic E-state index is 6.00. The number of nitrogens with two attached hydrogens (primary N) is 1. The Balaban J connectivity index is 2.17. The molecule has 2 heterocycles. The summed E-state index contributed by atoms with van der Waals surface area (Å²) in [7, 11) is 0. The summed E-state index contributed by atoms with van der Waals surface area (Å²) >= 11 is 0. The van der Waals surface area contributed by atoms with E-state index < -0.39 is 0 Å². The Morgan fingerprint density at radius 1 is 1.28 bits per heavy atom. The van der Waals surface area contributed by atoms with Crippen LogP contribution in [-0.2, 0) is 6.54 Å². The monoisotopic (exact) mass is 244 g/mol. The van der Waals surface area contributed by atoms with E-state index in [-0.39, 0.29) is 5.54 Å². The van der Waals surface area contributed by atoms with Gasteiger partial charge in [-0.1, -0.05) is 6.07 Å². The van der Waals surface area contributed by atoms with Gasteiger partial charge in [0.25, 0.3) is 0 Å². The van der Waals surface area contributed by atoms with Crippen LogP contribution in [0, 0.1) is 6.92 Å². The summed E-state index contributed by atoms with van der Waals surface area (Å²) in [5.41, 5.74) is 8.80. The molecule has 0 fully saturated rings. The third kappa shape index (κ3) is 3.17. The minimum Gasteiger partial charge on any atom is -0.325 e. The Hall–Kier alpha value is -1.68. The number of aryl methyl sites for hydroxylation is 2. The summed E-state index contributed by atoms with van der Waals surface area (Å²) in [6.07, 6.45) is 2.68. The van der Waals surface area contributed by atoms with Crippen LogP contribution in [0.25, 0.3) is 11.4 Å². The molecule has 0 aliphatic carbocycles. The zero-order chi connectivity index (χ0) is 13.2. The zero-order valence-corrected chi connectivity index (χ0v) is 11.2. The first-order chi connectivity index (χ1) is 8.46. The lowest BCUT2D eigenvalue weighted by Gasteiger charge is -2.18. The second kappa shape index (κ2) is 4.90. The SMILES string of the molecule is Cc1cc(-c2ccccn2)nn1CCC(C)(C)N. The molecule has 0 amide bonds. The van der Waals surface area contributed by atoms with Crippen molar-refractivity contribution in [2.45, 2.75) is 39.3 Å². The highest BCUT2D eigenvalue weighted by Crippen LogP contribution is 2.17. The van der Waals surface area contributed by atoms with E-state index in [1.54, 1.807) is 6.20 Å². The number of hydrogen-bond donors (Lipinski definition) is 1. The van der Waals surface area contributed by atoms with Crippen molar-refractivity contribution in [3.63, 3.8) is 0 Å². The lowest BCUT2D eigenvalue weighted by atomic mass is 10.0. The molecule has 0 saturated carbocycles. The fraction of sp³-hybridized carbons (Fsp3) is 0.429. The molecule has 2 aromatic heterocycles. The van der Waals surface area contributed by atoms with Crippen LogP contribution < -0.4 is 5.73 Å². The minimum absolute atomic E-state index is 0.163. The highest BCUT2D eigenvalue weighted by atomic mass is 15.3. The van der Waals surface area contributed by atoms with Gasteiger partial charge in [0.15, 0.2) is 0 Å². The Bertz CT molecular complexity index is 508. The first-order valence-electron chi connectivity index (χ1n) is 6.20. The molecular formula is C14H20N4. The molecule has 0 atom stereocenters. The first kappa shape index (κ1) is 12.8. The van der Waals surface area contributed by atoms with Crippen molar-refractivity contribution in [2.24, 2.45) is 5.73 Å². The number of pyridine rings is 1. The predicted octanol–water partition coefficient (Wildman–Crippen LogP) is 2.38. The summed E-state index contributed by atoms with van der Waals surface area (Å²) in [5, 5.41) is 4.58. The van der Waals surface area contributed by atoms with Gasteiger partial charge < -0.3 is 5.73 Å². The molecule has 0 radical (unpaired) electrons. The maximum Gasteiger partial charge on any atom is 0.111 e. The first-order valence-corrected chi connectivity index (χ1v) is 6.20. The molecule has 4 nitrogen and oxygen atoms in total. The Morgan fingerprint density at radius 2 is 2.06 bits per heavy atom. The van der Waals surface area contributed by atoms with Crippen LogP contribution in [0.2, 0.25) is 0 Å². The molecule has 4 heteroatoms. The summed E-state index contributed by atoms with van der Waals surface area (Å²) < 4.78 is 2.00. The molecule has 0 aliphatic heterocycles. The van der Waals surface area contributed by atoms with Gasteiger partial charge in [0.05, 0.1) is 5.69 Å². The van der Waals surface area contributed by atoms with Gasteiger partial charge >= 0.3 is 0 Å². The Labute approximate surface area is 108 Å². The van der Waals surface area contributed by atoms with Crippen molar-refractivity contribution < 1.29 is 0 Å². The largest absolute Gasteiger partial charge is 0.325 e. The van der Waals surface area contributed by atoms with E-state index in [0.29, 0.717) is 0 Å². The molecule has 2 aromatic rings. The van der Waals surface area contributed by atoms with E-state index in [4.69, 9.17) is 5.73 Å². The molecule has 0 bridgehead atoms. The van der Waals surface area contributed by atoms with Gasteiger partial charge in [-0.15, -0.1) is 0 Å². The molecule has 0 unspecified atom stereocenters. The fourth-order valence-corrected chi connectivity index (χ4v) is 1.77. The summed E-state index contributed by atoms with van der Waals surface area (Å²) in [6.45, 7) is 6.96. The summed E-state index contributed by atoms with van der Waals surface area (Å²) in [5.74, 6) is 0. The van der Waals surface area contributed by atoms with Crippen molar-refractivity contribution in [1.82, 2.24) is 14.8 Å². The molecule has 2 rings (SSSR count). The van der Waals surface area contributed by atoms with Crippen molar-refractivity contribution >= 4 is 0 Å². The van der Waals surface area contributed by atoms with E-state index in [2.05, 4.69) is 23.1 Å². The van der Waals surface area contributed by atoms with Gasteiger partial charge in [-0.25, -0.2) is 0 Å². The van der Waals surface area contributed by atoms with E-state index >= 15 is 0 Å². The number of hydrogen-bond acceptors (Lipinski definition) is 3. The molecule has 0 aliphatic rings. The van der Waals surface area contributed by atoms with Crippen LogP contribution in [-0.4, -0.2) is 20.3 Å². The van der Waals surface area contributed by atoms with Crippen LogP contribution in [0.5, 0.6) is 0 Å².